The Bertz CT molecular complexity index is 694. The van der Waals surface area contributed by atoms with Crippen LogP contribution in [0.3, 0.4) is 0 Å². The molecule has 1 unspecified atom stereocenters. The molecule has 3 N–H and O–H groups in total. The Morgan fingerprint density at radius 3 is 3.15 bits per heavy atom. The predicted octanol–water partition coefficient (Wildman–Crippen LogP) is 2.26. The number of fused-ring (bicyclic) bond motifs is 2. The van der Waals surface area contributed by atoms with E-state index in [-0.39, 0.29) is 5.91 Å². The highest BCUT2D eigenvalue weighted by Gasteiger charge is 2.28. The van der Waals surface area contributed by atoms with Crippen molar-refractivity contribution in [2.24, 2.45) is 5.73 Å². The average molecular weight is 285 g/mol. The first-order valence-electron chi connectivity index (χ1n) is 6.73. The molecule has 0 bridgehead atoms. The summed E-state index contributed by atoms with van der Waals surface area (Å²) in [5, 5.41) is 5.02. The summed E-state index contributed by atoms with van der Waals surface area (Å²) in [5.41, 5.74) is 10.2. The molecule has 1 aromatic heterocycles. The molecule has 0 fully saturated rings. The second-order valence-electron chi connectivity index (χ2n) is 5.28. The summed E-state index contributed by atoms with van der Waals surface area (Å²) in [4.78, 5) is 15.4. The number of nitrogens with one attached hydrogen (secondary N) is 1. The highest BCUT2D eigenvalue weighted by molar-refractivity contribution is 7.10. The number of nitrogens with zero attached hydrogens (tertiary/aromatic N) is 1. The molecule has 0 saturated heterocycles. The van der Waals surface area contributed by atoms with Gasteiger partial charge in [0, 0.05) is 34.9 Å². The lowest BCUT2D eigenvalue weighted by atomic mass is 10.1. The zero-order valence-electron chi connectivity index (χ0n) is 10.9. The van der Waals surface area contributed by atoms with E-state index in [1.165, 1.54) is 10.4 Å². The molecule has 5 heteroatoms. The third kappa shape index (κ3) is 1.74. The summed E-state index contributed by atoms with van der Waals surface area (Å²) in [6.45, 7) is 1.96. The van der Waals surface area contributed by atoms with E-state index in [1.807, 2.05) is 23.5 Å². The van der Waals surface area contributed by atoms with Crippen molar-refractivity contribution in [1.29, 1.82) is 0 Å². The summed E-state index contributed by atoms with van der Waals surface area (Å²) in [6.07, 6.45) is 1.09. The van der Waals surface area contributed by atoms with Gasteiger partial charge >= 0.3 is 0 Å². The van der Waals surface area contributed by atoms with Crippen LogP contribution in [0.25, 0.3) is 0 Å². The molecule has 1 aromatic carbocycles. The standard InChI is InChI=1S/C15H15N3OS/c16-14-11-2-1-10(7-12(11)17-15(14)19)18-5-3-13-9(8-18)4-6-20-13/h1-2,4,6-7,14H,3,5,8,16H2,(H,17,19). The lowest BCUT2D eigenvalue weighted by molar-refractivity contribution is -0.116. The molecule has 0 spiro atoms. The van der Waals surface area contributed by atoms with Gasteiger partial charge in [-0.2, -0.15) is 0 Å². The second kappa shape index (κ2) is 4.33. The second-order valence-corrected chi connectivity index (χ2v) is 6.28. The maximum absolute atomic E-state index is 11.6. The van der Waals surface area contributed by atoms with Gasteiger partial charge in [-0.15, -0.1) is 11.3 Å². The zero-order valence-corrected chi connectivity index (χ0v) is 11.7. The summed E-state index contributed by atoms with van der Waals surface area (Å²) in [6, 6.07) is 7.75. The largest absolute Gasteiger partial charge is 0.367 e. The minimum absolute atomic E-state index is 0.115. The predicted molar refractivity (Wildman–Crippen MR) is 81.1 cm³/mol. The number of amides is 1. The minimum atomic E-state index is -0.524. The Hall–Kier alpha value is -1.85. The SMILES string of the molecule is NC1C(=O)Nc2cc(N3CCc4sccc4C3)ccc21. The number of rotatable bonds is 1. The van der Waals surface area contributed by atoms with Crippen LogP contribution in [-0.2, 0) is 17.8 Å². The highest BCUT2D eigenvalue weighted by Crippen LogP contribution is 2.34. The number of carbonyl (C=O) groups excluding carboxylic acids is 1. The van der Waals surface area contributed by atoms with E-state index in [0.717, 1.165) is 36.4 Å². The van der Waals surface area contributed by atoms with Crippen LogP contribution in [0.4, 0.5) is 11.4 Å². The molecular weight excluding hydrogens is 270 g/mol. The van der Waals surface area contributed by atoms with Gasteiger partial charge in [0.1, 0.15) is 6.04 Å². The maximum atomic E-state index is 11.6. The Kier molecular flexibility index (Phi) is 2.58. The van der Waals surface area contributed by atoms with Crippen molar-refractivity contribution in [2.45, 2.75) is 19.0 Å². The molecule has 0 saturated carbocycles. The van der Waals surface area contributed by atoms with Crippen LogP contribution in [0.2, 0.25) is 0 Å². The zero-order chi connectivity index (χ0) is 13.7. The molecule has 0 radical (unpaired) electrons. The normalized spacial score (nSPS) is 20.6. The lowest BCUT2D eigenvalue weighted by Gasteiger charge is -2.29. The molecule has 4 rings (SSSR count). The number of carbonyl (C=O) groups is 1. The summed E-state index contributed by atoms with van der Waals surface area (Å²) >= 11 is 1.84. The van der Waals surface area contributed by atoms with E-state index in [4.69, 9.17) is 5.73 Å². The number of benzene rings is 1. The Labute approximate surface area is 121 Å². The van der Waals surface area contributed by atoms with Crippen molar-refractivity contribution in [3.63, 3.8) is 0 Å². The quantitative estimate of drug-likeness (QED) is 0.845. The molecule has 1 amide bonds. The van der Waals surface area contributed by atoms with Crippen molar-refractivity contribution >= 4 is 28.6 Å². The molecule has 20 heavy (non-hydrogen) atoms. The van der Waals surface area contributed by atoms with Crippen molar-refractivity contribution in [3.05, 3.63) is 45.6 Å². The third-order valence-electron chi connectivity index (χ3n) is 4.09. The Morgan fingerprint density at radius 2 is 2.25 bits per heavy atom. The molecule has 3 heterocycles. The molecule has 4 nitrogen and oxygen atoms in total. The van der Waals surface area contributed by atoms with Gasteiger partial charge in [-0.3, -0.25) is 4.79 Å². The molecule has 0 aliphatic carbocycles. The van der Waals surface area contributed by atoms with Crippen LogP contribution in [0.1, 0.15) is 22.0 Å². The maximum Gasteiger partial charge on any atom is 0.245 e. The first kappa shape index (κ1) is 11.9. The number of nitrogens with two attached hydrogens (primary N) is 1. The Morgan fingerprint density at radius 1 is 1.35 bits per heavy atom. The van der Waals surface area contributed by atoms with E-state index >= 15 is 0 Å². The molecule has 2 aliphatic rings. The molecule has 102 valence electrons. The number of hydrogen-bond donors (Lipinski definition) is 2. The fraction of sp³-hybridized carbons (Fsp3) is 0.267. The molecule has 1 atom stereocenters. The van der Waals surface area contributed by atoms with Gasteiger partial charge in [-0.25, -0.2) is 0 Å². The smallest absolute Gasteiger partial charge is 0.245 e. The first-order chi connectivity index (χ1) is 9.72. The van der Waals surface area contributed by atoms with Crippen LogP contribution >= 0.6 is 11.3 Å². The van der Waals surface area contributed by atoms with Crippen molar-refractivity contribution in [1.82, 2.24) is 0 Å². The molecular formula is C15H15N3OS. The number of hydrogen-bond acceptors (Lipinski definition) is 4. The van der Waals surface area contributed by atoms with Gasteiger partial charge in [0.05, 0.1) is 0 Å². The summed E-state index contributed by atoms with van der Waals surface area (Å²) < 4.78 is 0. The van der Waals surface area contributed by atoms with Crippen LogP contribution in [0, 0.1) is 0 Å². The summed E-state index contributed by atoms with van der Waals surface area (Å²) in [5.74, 6) is -0.115. The fourth-order valence-electron chi connectivity index (χ4n) is 2.94. The highest BCUT2D eigenvalue weighted by atomic mass is 32.1. The van der Waals surface area contributed by atoms with Crippen LogP contribution in [0.5, 0.6) is 0 Å². The minimum Gasteiger partial charge on any atom is -0.367 e. The molecule has 2 aliphatic heterocycles. The van der Waals surface area contributed by atoms with E-state index in [0.29, 0.717) is 0 Å². The lowest BCUT2D eigenvalue weighted by Crippen LogP contribution is -2.29. The van der Waals surface area contributed by atoms with E-state index < -0.39 is 6.04 Å². The monoisotopic (exact) mass is 285 g/mol. The average Bonchev–Trinajstić information content (AvgIpc) is 3.03. The van der Waals surface area contributed by atoms with Crippen LogP contribution < -0.4 is 16.0 Å². The van der Waals surface area contributed by atoms with Crippen molar-refractivity contribution in [3.8, 4) is 0 Å². The Balaban J connectivity index is 1.65. The van der Waals surface area contributed by atoms with Gasteiger partial charge in [-0.1, -0.05) is 6.07 Å². The van der Waals surface area contributed by atoms with E-state index in [9.17, 15) is 4.79 Å². The summed E-state index contributed by atoms with van der Waals surface area (Å²) in [7, 11) is 0. The van der Waals surface area contributed by atoms with Crippen molar-refractivity contribution < 1.29 is 4.79 Å². The van der Waals surface area contributed by atoms with Crippen LogP contribution in [-0.4, -0.2) is 12.5 Å². The number of anilines is 2. The van der Waals surface area contributed by atoms with Gasteiger partial charge in [0.2, 0.25) is 5.91 Å². The van der Waals surface area contributed by atoms with Gasteiger partial charge < -0.3 is 16.0 Å². The van der Waals surface area contributed by atoms with Crippen LogP contribution in [0.15, 0.2) is 29.6 Å². The topological polar surface area (TPSA) is 58.4 Å². The number of thiophene rings is 1. The van der Waals surface area contributed by atoms with Gasteiger partial charge in [-0.05, 0) is 35.6 Å². The first-order valence-corrected chi connectivity index (χ1v) is 7.61. The molecule has 2 aromatic rings. The third-order valence-corrected chi connectivity index (χ3v) is 5.11. The van der Waals surface area contributed by atoms with E-state index in [1.54, 1.807) is 0 Å². The van der Waals surface area contributed by atoms with Crippen molar-refractivity contribution in [2.75, 3.05) is 16.8 Å². The van der Waals surface area contributed by atoms with E-state index in [2.05, 4.69) is 27.7 Å². The van der Waals surface area contributed by atoms with Gasteiger partial charge in [0.15, 0.2) is 0 Å². The fourth-order valence-corrected chi connectivity index (χ4v) is 3.83. The van der Waals surface area contributed by atoms with Gasteiger partial charge in [0.25, 0.3) is 0 Å².